The minimum absolute atomic E-state index is 0.311. The van der Waals surface area contributed by atoms with E-state index in [2.05, 4.69) is 13.0 Å². The molecule has 0 aliphatic carbocycles. The van der Waals surface area contributed by atoms with E-state index in [1.54, 1.807) is 21.0 Å². The number of ether oxygens (including phenoxy) is 2. The first kappa shape index (κ1) is 20.5. The fraction of sp³-hybridized carbons (Fsp3) is 0.650. The molecule has 0 fully saturated rings. The first-order chi connectivity index (χ1) is 11.5. The van der Waals surface area contributed by atoms with Gasteiger partial charge in [-0.15, -0.1) is 0 Å². The number of unbranched alkanes of at least 4 members (excludes halogenated alkanes) is 5. The van der Waals surface area contributed by atoms with Gasteiger partial charge in [0.2, 0.25) is 0 Å². The molecule has 0 saturated carbocycles. The van der Waals surface area contributed by atoms with Crippen LogP contribution in [-0.2, 0) is 21.5 Å². The SMILES string of the molecule is CCCCCCCCc1ccc(OC)c(C(C)(N)C(=O)OCC)c1. The van der Waals surface area contributed by atoms with Crippen molar-refractivity contribution in [1.29, 1.82) is 0 Å². The molecule has 1 aromatic rings. The maximum Gasteiger partial charge on any atom is 0.330 e. The van der Waals surface area contributed by atoms with Crippen molar-refractivity contribution in [2.45, 2.75) is 71.3 Å². The molecule has 4 nitrogen and oxygen atoms in total. The minimum atomic E-state index is -1.21. The number of hydrogen-bond acceptors (Lipinski definition) is 4. The largest absolute Gasteiger partial charge is 0.496 e. The number of methoxy groups -OCH3 is 1. The zero-order valence-corrected chi connectivity index (χ0v) is 15.7. The van der Waals surface area contributed by atoms with E-state index >= 15 is 0 Å². The summed E-state index contributed by atoms with van der Waals surface area (Å²) in [5.41, 5.74) is 6.93. The van der Waals surface area contributed by atoms with Crippen molar-refractivity contribution >= 4 is 5.97 Å². The average molecular weight is 335 g/mol. The lowest BCUT2D eigenvalue weighted by atomic mass is 9.90. The van der Waals surface area contributed by atoms with Crippen molar-refractivity contribution in [2.24, 2.45) is 5.73 Å². The monoisotopic (exact) mass is 335 g/mol. The topological polar surface area (TPSA) is 61.5 Å². The Kier molecular flexibility index (Phi) is 8.83. The Labute approximate surface area is 146 Å². The Bertz CT molecular complexity index is 512. The highest BCUT2D eigenvalue weighted by Gasteiger charge is 2.35. The van der Waals surface area contributed by atoms with Crippen molar-refractivity contribution in [3.8, 4) is 5.75 Å². The van der Waals surface area contributed by atoms with Gasteiger partial charge in [-0.25, -0.2) is 4.79 Å². The van der Waals surface area contributed by atoms with Gasteiger partial charge >= 0.3 is 5.97 Å². The molecular formula is C20H33NO3. The van der Waals surface area contributed by atoms with Crippen LogP contribution in [0, 0.1) is 0 Å². The standard InChI is InChI=1S/C20H33NO3/c1-5-7-8-9-10-11-12-16-13-14-18(23-4)17(15-16)20(3,21)19(22)24-6-2/h13-15H,5-12,21H2,1-4H3. The molecule has 0 heterocycles. The van der Waals surface area contributed by atoms with Crippen molar-refractivity contribution < 1.29 is 14.3 Å². The molecule has 0 bridgehead atoms. The van der Waals surface area contributed by atoms with E-state index in [-0.39, 0.29) is 0 Å². The number of benzene rings is 1. The van der Waals surface area contributed by atoms with E-state index in [1.165, 1.54) is 37.7 Å². The predicted octanol–water partition coefficient (Wildman–Crippen LogP) is 4.34. The second kappa shape index (κ2) is 10.3. The summed E-state index contributed by atoms with van der Waals surface area (Å²) in [6.07, 6.45) is 8.56. The molecule has 0 amide bonds. The lowest BCUT2D eigenvalue weighted by Gasteiger charge is -2.25. The van der Waals surface area contributed by atoms with Crippen LogP contribution in [0.1, 0.15) is 70.4 Å². The third kappa shape index (κ3) is 5.82. The Morgan fingerprint density at radius 3 is 2.42 bits per heavy atom. The van der Waals surface area contributed by atoms with Crippen molar-refractivity contribution in [1.82, 2.24) is 0 Å². The van der Waals surface area contributed by atoms with Crippen LogP contribution >= 0.6 is 0 Å². The molecule has 0 radical (unpaired) electrons. The molecule has 136 valence electrons. The van der Waals surface area contributed by atoms with Crippen LogP contribution < -0.4 is 10.5 Å². The van der Waals surface area contributed by atoms with Crippen LogP contribution in [-0.4, -0.2) is 19.7 Å². The lowest BCUT2D eigenvalue weighted by Crippen LogP contribution is -2.43. The highest BCUT2D eigenvalue weighted by Crippen LogP contribution is 2.30. The maximum absolute atomic E-state index is 12.2. The molecule has 4 heteroatoms. The molecule has 0 saturated heterocycles. The van der Waals surface area contributed by atoms with Crippen LogP contribution in [0.2, 0.25) is 0 Å². The number of esters is 1. The van der Waals surface area contributed by atoms with Gasteiger partial charge in [0, 0.05) is 5.56 Å². The van der Waals surface area contributed by atoms with E-state index in [4.69, 9.17) is 15.2 Å². The van der Waals surface area contributed by atoms with Crippen molar-refractivity contribution in [3.05, 3.63) is 29.3 Å². The van der Waals surface area contributed by atoms with Gasteiger partial charge in [0.15, 0.2) is 0 Å². The second-order valence-electron chi connectivity index (χ2n) is 6.48. The van der Waals surface area contributed by atoms with Crippen molar-refractivity contribution in [2.75, 3.05) is 13.7 Å². The molecule has 1 rings (SSSR count). The summed E-state index contributed by atoms with van der Waals surface area (Å²) >= 11 is 0. The predicted molar refractivity (Wildman–Crippen MR) is 98.2 cm³/mol. The highest BCUT2D eigenvalue weighted by atomic mass is 16.5. The molecule has 1 atom stereocenters. The van der Waals surface area contributed by atoms with Gasteiger partial charge in [0.25, 0.3) is 0 Å². The number of aryl methyl sites for hydroxylation is 1. The maximum atomic E-state index is 12.2. The van der Waals surface area contributed by atoms with E-state index in [9.17, 15) is 4.79 Å². The zero-order chi connectivity index (χ0) is 18.0. The molecule has 2 N–H and O–H groups in total. The van der Waals surface area contributed by atoms with E-state index in [0.29, 0.717) is 17.9 Å². The molecular weight excluding hydrogens is 302 g/mol. The van der Waals surface area contributed by atoms with Gasteiger partial charge in [0.1, 0.15) is 11.3 Å². The normalized spacial score (nSPS) is 13.4. The Morgan fingerprint density at radius 1 is 1.12 bits per heavy atom. The van der Waals surface area contributed by atoms with Gasteiger partial charge in [-0.2, -0.15) is 0 Å². The quantitative estimate of drug-likeness (QED) is 0.483. The Hall–Kier alpha value is -1.55. The van der Waals surface area contributed by atoms with Crippen LogP contribution in [0.15, 0.2) is 18.2 Å². The van der Waals surface area contributed by atoms with E-state index < -0.39 is 11.5 Å². The number of nitrogens with two attached hydrogens (primary N) is 1. The molecule has 0 aliphatic heterocycles. The van der Waals surface area contributed by atoms with Gasteiger partial charge in [-0.05, 0) is 44.4 Å². The number of carbonyl (C=O) groups is 1. The highest BCUT2D eigenvalue weighted by molar-refractivity contribution is 5.83. The van der Waals surface area contributed by atoms with Crippen molar-refractivity contribution in [3.63, 3.8) is 0 Å². The van der Waals surface area contributed by atoms with Gasteiger partial charge in [0.05, 0.1) is 13.7 Å². The fourth-order valence-corrected chi connectivity index (χ4v) is 2.82. The minimum Gasteiger partial charge on any atom is -0.496 e. The molecule has 0 aromatic heterocycles. The lowest BCUT2D eigenvalue weighted by molar-refractivity contribution is -0.149. The fourth-order valence-electron chi connectivity index (χ4n) is 2.82. The smallest absolute Gasteiger partial charge is 0.330 e. The average Bonchev–Trinajstić information content (AvgIpc) is 2.58. The van der Waals surface area contributed by atoms with Gasteiger partial charge in [-0.1, -0.05) is 45.1 Å². The summed E-state index contributed by atoms with van der Waals surface area (Å²) in [6, 6.07) is 5.93. The number of hydrogen-bond donors (Lipinski definition) is 1. The molecule has 24 heavy (non-hydrogen) atoms. The third-order valence-electron chi connectivity index (χ3n) is 4.34. The van der Waals surface area contributed by atoms with Gasteiger partial charge in [-0.3, -0.25) is 0 Å². The molecule has 0 aliphatic rings. The summed E-state index contributed by atoms with van der Waals surface area (Å²) in [6.45, 7) is 6.00. The van der Waals surface area contributed by atoms with Crippen LogP contribution in [0.3, 0.4) is 0 Å². The summed E-state index contributed by atoms with van der Waals surface area (Å²) in [7, 11) is 1.59. The van der Waals surface area contributed by atoms with Crippen LogP contribution in [0.4, 0.5) is 0 Å². The zero-order valence-electron chi connectivity index (χ0n) is 15.7. The Balaban J connectivity index is 2.79. The summed E-state index contributed by atoms with van der Waals surface area (Å²) in [4.78, 5) is 12.2. The van der Waals surface area contributed by atoms with E-state index in [1.807, 2.05) is 12.1 Å². The number of rotatable bonds is 11. The third-order valence-corrected chi connectivity index (χ3v) is 4.34. The summed E-state index contributed by atoms with van der Waals surface area (Å²) in [5.74, 6) is 0.194. The second-order valence-corrected chi connectivity index (χ2v) is 6.48. The van der Waals surface area contributed by atoms with Gasteiger partial charge < -0.3 is 15.2 Å². The van der Waals surface area contributed by atoms with Crippen LogP contribution in [0.25, 0.3) is 0 Å². The molecule has 1 aromatic carbocycles. The molecule has 1 unspecified atom stereocenters. The Morgan fingerprint density at radius 2 is 1.79 bits per heavy atom. The summed E-state index contributed by atoms with van der Waals surface area (Å²) < 4.78 is 10.5. The van der Waals surface area contributed by atoms with Crippen LogP contribution in [0.5, 0.6) is 5.75 Å². The first-order valence-corrected chi connectivity index (χ1v) is 9.10. The number of carbonyl (C=O) groups excluding carboxylic acids is 1. The first-order valence-electron chi connectivity index (χ1n) is 9.10. The van der Waals surface area contributed by atoms with E-state index in [0.717, 1.165) is 12.8 Å². The summed E-state index contributed by atoms with van der Waals surface area (Å²) in [5, 5.41) is 0. The molecule has 0 spiro atoms.